The topological polar surface area (TPSA) is 75.2 Å². The molecule has 1 saturated heterocycles. The molecule has 176 valence electrons. The number of alkyl halides is 1. The predicted molar refractivity (Wildman–Crippen MR) is 123 cm³/mol. The van der Waals surface area contributed by atoms with E-state index >= 15 is 4.39 Å². The molecule has 2 heterocycles. The van der Waals surface area contributed by atoms with Crippen LogP contribution in [-0.4, -0.2) is 39.0 Å². The van der Waals surface area contributed by atoms with E-state index in [2.05, 4.69) is 15.3 Å². The first-order valence-corrected chi connectivity index (χ1v) is 11.2. The van der Waals surface area contributed by atoms with Crippen LogP contribution in [-0.2, 0) is 22.4 Å². The minimum Gasteiger partial charge on any atom is -0.330 e. The van der Waals surface area contributed by atoms with Gasteiger partial charge in [0.25, 0.3) is 11.7 Å². The molecule has 0 bridgehead atoms. The van der Waals surface area contributed by atoms with Gasteiger partial charge in [-0.1, -0.05) is 42.5 Å². The first-order chi connectivity index (χ1) is 16.3. The maximum atomic E-state index is 16.1. The lowest BCUT2D eigenvalue weighted by molar-refractivity contribution is -0.151. The summed E-state index contributed by atoms with van der Waals surface area (Å²) in [6.45, 7) is 1.54. The number of aromatic nitrogens is 2. The summed E-state index contributed by atoms with van der Waals surface area (Å²) in [4.78, 5) is 35.6. The van der Waals surface area contributed by atoms with Crippen molar-refractivity contribution < 1.29 is 18.4 Å². The highest BCUT2D eigenvalue weighted by Crippen LogP contribution is 2.34. The second-order valence-electron chi connectivity index (χ2n) is 8.54. The fourth-order valence-corrected chi connectivity index (χ4v) is 4.40. The van der Waals surface area contributed by atoms with Gasteiger partial charge in [0.15, 0.2) is 0 Å². The molecule has 1 aliphatic rings. The van der Waals surface area contributed by atoms with E-state index in [1.807, 2.05) is 0 Å². The summed E-state index contributed by atoms with van der Waals surface area (Å²) < 4.78 is 29.6. The maximum Gasteiger partial charge on any atom is 0.282 e. The van der Waals surface area contributed by atoms with Crippen LogP contribution >= 0.6 is 0 Å². The molecule has 0 unspecified atom stereocenters. The van der Waals surface area contributed by atoms with Crippen LogP contribution in [0.5, 0.6) is 0 Å². The van der Waals surface area contributed by atoms with Crippen molar-refractivity contribution in [3.8, 4) is 0 Å². The van der Waals surface area contributed by atoms with Gasteiger partial charge in [0.1, 0.15) is 5.82 Å². The normalized spacial score (nSPS) is 17.3. The third kappa shape index (κ3) is 5.44. The van der Waals surface area contributed by atoms with Gasteiger partial charge >= 0.3 is 0 Å². The first-order valence-electron chi connectivity index (χ1n) is 11.2. The summed E-state index contributed by atoms with van der Waals surface area (Å²) in [5.74, 6) is -4.34. The summed E-state index contributed by atoms with van der Waals surface area (Å²) in [6, 6.07) is 14.5. The average Bonchev–Trinajstić information content (AvgIpc) is 3.29. The van der Waals surface area contributed by atoms with Crippen molar-refractivity contribution in [2.75, 3.05) is 6.54 Å². The minimum absolute atomic E-state index is 0.277. The van der Waals surface area contributed by atoms with Crippen molar-refractivity contribution in [2.24, 2.45) is 0 Å². The molecule has 2 atom stereocenters. The molecule has 1 aliphatic heterocycles. The van der Waals surface area contributed by atoms with Gasteiger partial charge < -0.3 is 10.2 Å². The molecule has 0 saturated carbocycles. The van der Waals surface area contributed by atoms with E-state index < -0.39 is 23.6 Å². The summed E-state index contributed by atoms with van der Waals surface area (Å²) in [6.07, 6.45) is 4.55. The number of hydrogen-bond acceptors (Lipinski definition) is 4. The number of rotatable bonds is 7. The van der Waals surface area contributed by atoms with Gasteiger partial charge in [-0.2, -0.15) is 0 Å². The monoisotopic (exact) mass is 464 g/mol. The zero-order valence-corrected chi connectivity index (χ0v) is 18.9. The second kappa shape index (κ2) is 10.1. The average molecular weight is 465 g/mol. The highest BCUT2D eigenvalue weighted by molar-refractivity contribution is 5.90. The zero-order valence-electron chi connectivity index (χ0n) is 18.9. The van der Waals surface area contributed by atoms with Crippen LogP contribution in [0.1, 0.15) is 48.3 Å². The van der Waals surface area contributed by atoms with E-state index in [4.69, 9.17) is 0 Å². The Bertz CT molecular complexity index is 1170. The van der Waals surface area contributed by atoms with Crippen molar-refractivity contribution in [3.63, 3.8) is 0 Å². The number of amides is 2. The lowest BCUT2D eigenvalue weighted by Crippen LogP contribution is -2.57. The molecular formula is C26H26F2N4O2. The number of halogens is 2. The summed E-state index contributed by atoms with van der Waals surface area (Å²) in [5.41, 5.74) is 2.52. The Morgan fingerprint density at radius 1 is 1.12 bits per heavy atom. The van der Waals surface area contributed by atoms with Gasteiger partial charge in [-0.15, -0.1) is 0 Å². The van der Waals surface area contributed by atoms with Crippen molar-refractivity contribution in [3.05, 3.63) is 95.3 Å². The lowest BCUT2D eigenvalue weighted by atomic mass is 10.0. The Hall–Kier alpha value is -3.68. The van der Waals surface area contributed by atoms with E-state index in [0.29, 0.717) is 42.8 Å². The number of nitrogens with zero attached hydrogens (tertiary/aromatic N) is 3. The third-order valence-corrected chi connectivity index (χ3v) is 5.84. The van der Waals surface area contributed by atoms with Gasteiger partial charge in [-0.3, -0.25) is 19.6 Å². The van der Waals surface area contributed by atoms with E-state index in [1.165, 1.54) is 24.0 Å². The largest absolute Gasteiger partial charge is 0.330 e. The van der Waals surface area contributed by atoms with Gasteiger partial charge in [0.05, 0.1) is 23.6 Å². The van der Waals surface area contributed by atoms with Crippen molar-refractivity contribution >= 4 is 11.8 Å². The molecule has 2 aromatic carbocycles. The number of nitrogens with one attached hydrogen (secondary N) is 1. The van der Waals surface area contributed by atoms with Gasteiger partial charge in [0, 0.05) is 32.5 Å². The smallest absolute Gasteiger partial charge is 0.282 e. The fourth-order valence-electron chi connectivity index (χ4n) is 4.40. The van der Waals surface area contributed by atoms with Crippen LogP contribution in [0.4, 0.5) is 8.78 Å². The molecule has 0 spiro atoms. The Morgan fingerprint density at radius 3 is 2.62 bits per heavy atom. The van der Waals surface area contributed by atoms with Crippen molar-refractivity contribution in [1.29, 1.82) is 0 Å². The maximum absolute atomic E-state index is 16.1. The summed E-state index contributed by atoms with van der Waals surface area (Å²) in [7, 11) is 0. The minimum atomic E-state index is -2.58. The molecule has 1 N–H and O–H groups in total. The molecule has 8 heteroatoms. The molecule has 0 radical (unpaired) electrons. The van der Waals surface area contributed by atoms with Crippen LogP contribution in [0.15, 0.2) is 67.0 Å². The third-order valence-electron chi connectivity index (χ3n) is 5.84. The highest BCUT2D eigenvalue weighted by Gasteiger charge is 2.46. The number of carbonyl (C=O) groups is 2. The molecule has 0 aliphatic carbocycles. The molecule has 4 rings (SSSR count). The number of carbonyl (C=O) groups excluding carboxylic acids is 2. The quantitative estimate of drug-likeness (QED) is 0.538. The molecule has 34 heavy (non-hydrogen) atoms. The Morgan fingerprint density at radius 2 is 1.88 bits per heavy atom. The highest BCUT2D eigenvalue weighted by atomic mass is 19.1. The first kappa shape index (κ1) is 23.5. The van der Waals surface area contributed by atoms with E-state index in [1.54, 1.807) is 54.9 Å². The van der Waals surface area contributed by atoms with Gasteiger partial charge in [-0.05, 0) is 36.1 Å². The Balaban J connectivity index is 1.58. The SMILES string of the molecule is CC(=O)N[C@](F)(Cc1ccccc1)C(=O)N1CCC[C@H]1c1cncc(Cc2cccc(F)c2)n1. The van der Waals surface area contributed by atoms with Crippen molar-refractivity contribution in [1.82, 2.24) is 20.2 Å². The number of likely N-dealkylation sites (tertiary alicyclic amines) is 1. The van der Waals surface area contributed by atoms with Crippen LogP contribution in [0, 0.1) is 5.82 Å². The van der Waals surface area contributed by atoms with Gasteiger partial charge in [0.2, 0.25) is 5.91 Å². The zero-order chi connectivity index (χ0) is 24.1. The molecule has 6 nitrogen and oxygen atoms in total. The Kier molecular flexibility index (Phi) is 6.95. The van der Waals surface area contributed by atoms with E-state index in [0.717, 1.165) is 5.56 Å². The van der Waals surface area contributed by atoms with Crippen LogP contribution in [0.3, 0.4) is 0 Å². The lowest BCUT2D eigenvalue weighted by Gasteiger charge is -2.33. The van der Waals surface area contributed by atoms with Crippen molar-refractivity contribution in [2.45, 2.75) is 44.4 Å². The van der Waals surface area contributed by atoms with Crippen LogP contribution < -0.4 is 5.32 Å². The molecule has 2 amide bonds. The molecule has 1 aromatic heterocycles. The van der Waals surface area contributed by atoms with Crippen LogP contribution in [0.25, 0.3) is 0 Å². The van der Waals surface area contributed by atoms with Gasteiger partial charge in [-0.25, -0.2) is 8.78 Å². The molecule has 3 aromatic rings. The molecule has 1 fully saturated rings. The number of benzene rings is 2. The standard InChI is InChI=1S/C26H26F2N4O2/c1-18(33)31-26(28,15-19-7-3-2-4-8-19)25(34)32-12-6-11-24(32)23-17-29-16-22(30-23)14-20-9-5-10-21(27)13-20/h2-5,7-10,13,16-17,24H,6,11-12,14-15H2,1H3,(H,31,33)/t24-,26+/m0/s1. The van der Waals surface area contributed by atoms with E-state index in [9.17, 15) is 14.0 Å². The number of hydrogen-bond donors (Lipinski definition) is 1. The summed E-state index contributed by atoms with van der Waals surface area (Å²) in [5, 5.41) is 2.23. The molecular weight excluding hydrogens is 438 g/mol. The second-order valence-corrected chi connectivity index (χ2v) is 8.54. The predicted octanol–water partition coefficient (Wildman–Crippen LogP) is 3.91. The van der Waals surface area contributed by atoms with Crippen LogP contribution in [0.2, 0.25) is 0 Å². The summed E-state index contributed by atoms with van der Waals surface area (Å²) >= 11 is 0. The fraction of sp³-hybridized carbons (Fsp3) is 0.308. The Labute approximate surface area is 197 Å². The van der Waals surface area contributed by atoms with E-state index in [-0.39, 0.29) is 12.2 Å².